The van der Waals surface area contributed by atoms with Crippen LogP contribution in [-0.4, -0.2) is 17.9 Å². The summed E-state index contributed by atoms with van der Waals surface area (Å²) < 4.78 is 5.77. The topological polar surface area (TPSA) is 55.4 Å². The molecule has 0 aromatic heterocycles. The maximum Gasteiger partial charge on any atom is 0.329 e. The molecule has 0 saturated heterocycles. The third-order valence-electron chi connectivity index (χ3n) is 6.15. The van der Waals surface area contributed by atoms with E-state index in [0.29, 0.717) is 5.56 Å². The summed E-state index contributed by atoms with van der Waals surface area (Å²) in [5.41, 5.74) is 5.06. The molecule has 1 amide bonds. The Morgan fingerprint density at radius 1 is 0.967 bits per heavy atom. The van der Waals surface area contributed by atoms with Crippen LogP contribution in [0.2, 0.25) is 0 Å². The van der Waals surface area contributed by atoms with Crippen molar-refractivity contribution in [2.75, 3.05) is 0 Å². The number of amides is 1. The number of ether oxygens (including phenoxy) is 1. The summed E-state index contributed by atoms with van der Waals surface area (Å²) in [6.45, 7) is 6.39. The Morgan fingerprint density at radius 2 is 1.57 bits per heavy atom. The van der Waals surface area contributed by atoms with Gasteiger partial charge < -0.3 is 10.1 Å². The van der Waals surface area contributed by atoms with Gasteiger partial charge in [-0.3, -0.25) is 4.79 Å². The average molecular weight is 408 g/mol. The molecular formula is C26H33NO3. The zero-order valence-electron chi connectivity index (χ0n) is 18.4. The van der Waals surface area contributed by atoms with Gasteiger partial charge in [-0.25, -0.2) is 4.79 Å². The predicted octanol–water partition coefficient (Wildman–Crippen LogP) is 5.42. The lowest BCUT2D eigenvalue weighted by Crippen LogP contribution is -2.46. The third kappa shape index (κ3) is 5.71. The van der Waals surface area contributed by atoms with E-state index < -0.39 is 6.04 Å². The van der Waals surface area contributed by atoms with Gasteiger partial charge in [-0.2, -0.15) is 0 Å². The van der Waals surface area contributed by atoms with Crippen molar-refractivity contribution in [2.24, 2.45) is 5.92 Å². The Labute approximate surface area is 180 Å². The van der Waals surface area contributed by atoms with E-state index in [0.717, 1.165) is 42.4 Å². The predicted molar refractivity (Wildman–Crippen MR) is 119 cm³/mol. The van der Waals surface area contributed by atoms with Crippen molar-refractivity contribution in [3.63, 3.8) is 0 Å². The number of carbonyl (C=O) groups is 2. The minimum Gasteiger partial charge on any atom is -0.459 e. The van der Waals surface area contributed by atoms with Crippen LogP contribution in [0.1, 0.15) is 71.1 Å². The number of hydrogen-bond acceptors (Lipinski definition) is 3. The van der Waals surface area contributed by atoms with Gasteiger partial charge in [-0.05, 0) is 68.4 Å². The molecule has 1 atom stereocenters. The maximum absolute atomic E-state index is 13.1. The van der Waals surface area contributed by atoms with E-state index in [-0.39, 0.29) is 24.4 Å². The molecule has 1 fully saturated rings. The molecule has 0 spiro atoms. The smallest absolute Gasteiger partial charge is 0.329 e. The highest BCUT2D eigenvalue weighted by molar-refractivity contribution is 5.96. The summed E-state index contributed by atoms with van der Waals surface area (Å²) in [5.74, 6) is -0.428. The molecule has 0 bridgehead atoms. The fourth-order valence-electron chi connectivity index (χ4n) is 4.50. The molecule has 1 aliphatic rings. The molecule has 0 radical (unpaired) electrons. The number of carbonyl (C=O) groups excluding carboxylic acids is 2. The van der Waals surface area contributed by atoms with Gasteiger partial charge in [-0.1, -0.05) is 61.6 Å². The largest absolute Gasteiger partial charge is 0.459 e. The summed E-state index contributed by atoms with van der Waals surface area (Å²) >= 11 is 0. The summed E-state index contributed by atoms with van der Waals surface area (Å²) in [6.07, 6.45) is 6.44. The zero-order valence-corrected chi connectivity index (χ0v) is 18.4. The molecule has 4 heteroatoms. The molecule has 2 aromatic rings. The summed E-state index contributed by atoms with van der Waals surface area (Å²) in [6, 6.07) is 12.7. The van der Waals surface area contributed by atoms with Crippen molar-refractivity contribution in [3.05, 3.63) is 70.3 Å². The van der Waals surface area contributed by atoms with Crippen LogP contribution >= 0.6 is 0 Å². The summed E-state index contributed by atoms with van der Waals surface area (Å²) in [7, 11) is 0. The molecule has 4 nitrogen and oxygen atoms in total. The van der Waals surface area contributed by atoms with E-state index in [1.807, 2.05) is 32.0 Å². The van der Waals surface area contributed by atoms with Gasteiger partial charge in [0.2, 0.25) is 0 Å². The van der Waals surface area contributed by atoms with E-state index in [1.165, 1.54) is 18.4 Å². The maximum atomic E-state index is 13.1. The number of esters is 1. The van der Waals surface area contributed by atoms with Crippen molar-refractivity contribution in [1.29, 1.82) is 0 Å². The average Bonchev–Trinajstić information content (AvgIpc) is 3.01. The molecule has 160 valence electrons. The first kappa shape index (κ1) is 22.1. The normalized spacial score (nSPS) is 15.8. The van der Waals surface area contributed by atoms with Gasteiger partial charge in [0.15, 0.2) is 0 Å². The highest BCUT2D eigenvalue weighted by Gasteiger charge is 2.32. The van der Waals surface area contributed by atoms with Gasteiger partial charge in [0.1, 0.15) is 12.6 Å². The molecule has 30 heavy (non-hydrogen) atoms. The molecule has 1 N–H and O–H groups in total. The number of rotatable bonds is 6. The van der Waals surface area contributed by atoms with E-state index in [1.54, 1.807) is 12.1 Å². The quantitative estimate of drug-likeness (QED) is 0.513. The Hall–Kier alpha value is -2.62. The van der Waals surface area contributed by atoms with Crippen LogP contribution in [0.4, 0.5) is 0 Å². The van der Waals surface area contributed by atoms with Crippen LogP contribution < -0.4 is 5.32 Å². The minimum atomic E-state index is -0.609. The molecule has 3 rings (SSSR count). The Balaban J connectivity index is 1.75. The Kier molecular flexibility index (Phi) is 7.67. The van der Waals surface area contributed by atoms with E-state index >= 15 is 0 Å². The van der Waals surface area contributed by atoms with Crippen LogP contribution in [0, 0.1) is 26.7 Å². The summed E-state index contributed by atoms with van der Waals surface area (Å²) in [5, 5.41) is 2.99. The number of hydrogen-bond donors (Lipinski definition) is 1. The lowest BCUT2D eigenvalue weighted by Gasteiger charge is -2.26. The van der Waals surface area contributed by atoms with Crippen LogP contribution in [-0.2, 0) is 16.1 Å². The second-order valence-corrected chi connectivity index (χ2v) is 8.55. The van der Waals surface area contributed by atoms with Gasteiger partial charge in [0, 0.05) is 5.56 Å². The second-order valence-electron chi connectivity index (χ2n) is 8.55. The first-order valence-electron chi connectivity index (χ1n) is 11.0. The fourth-order valence-corrected chi connectivity index (χ4v) is 4.50. The van der Waals surface area contributed by atoms with E-state index in [4.69, 9.17) is 4.74 Å². The first-order chi connectivity index (χ1) is 14.5. The highest BCUT2D eigenvalue weighted by atomic mass is 16.5. The van der Waals surface area contributed by atoms with Gasteiger partial charge >= 0.3 is 5.97 Å². The van der Waals surface area contributed by atoms with E-state index in [2.05, 4.69) is 24.4 Å². The summed E-state index contributed by atoms with van der Waals surface area (Å²) in [4.78, 5) is 25.9. The van der Waals surface area contributed by atoms with Crippen LogP contribution in [0.5, 0.6) is 0 Å². The zero-order chi connectivity index (χ0) is 21.5. The van der Waals surface area contributed by atoms with Crippen molar-refractivity contribution >= 4 is 11.9 Å². The van der Waals surface area contributed by atoms with Crippen LogP contribution in [0.25, 0.3) is 0 Å². The molecule has 0 aliphatic heterocycles. The third-order valence-corrected chi connectivity index (χ3v) is 6.15. The number of nitrogens with one attached hydrogen (secondary N) is 1. The lowest BCUT2D eigenvalue weighted by atomic mass is 9.91. The van der Waals surface area contributed by atoms with Gasteiger partial charge in [-0.15, -0.1) is 0 Å². The molecule has 0 unspecified atom stereocenters. The standard InChI is InChI=1S/C26H33NO3/c1-18-15-19(2)23(20(3)16-18)17-30-26(29)24(21-11-7-4-5-8-12-21)27-25(28)22-13-9-6-10-14-22/h6,9-10,13-16,21,24H,4-5,7-8,11-12,17H2,1-3H3,(H,27,28)/t24-/m0/s1. The van der Waals surface area contributed by atoms with Gasteiger partial charge in [0.25, 0.3) is 5.91 Å². The first-order valence-corrected chi connectivity index (χ1v) is 11.0. The number of benzene rings is 2. The minimum absolute atomic E-state index is 0.118. The molecular weight excluding hydrogens is 374 g/mol. The van der Waals surface area contributed by atoms with Crippen LogP contribution in [0.3, 0.4) is 0 Å². The van der Waals surface area contributed by atoms with Crippen molar-refractivity contribution in [3.8, 4) is 0 Å². The molecule has 2 aromatic carbocycles. The molecule has 1 saturated carbocycles. The van der Waals surface area contributed by atoms with E-state index in [9.17, 15) is 9.59 Å². The SMILES string of the molecule is Cc1cc(C)c(COC(=O)[C@@H](NC(=O)c2ccccc2)C2CCCCCC2)c(C)c1. The Bertz CT molecular complexity index is 844. The monoisotopic (exact) mass is 407 g/mol. The Morgan fingerprint density at radius 3 is 2.17 bits per heavy atom. The van der Waals surface area contributed by atoms with Crippen molar-refractivity contribution in [1.82, 2.24) is 5.32 Å². The highest BCUT2D eigenvalue weighted by Crippen LogP contribution is 2.27. The lowest BCUT2D eigenvalue weighted by molar-refractivity contribution is -0.149. The van der Waals surface area contributed by atoms with Crippen molar-refractivity contribution < 1.29 is 14.3 Å². The molecule has 1 aliphatic carbocycles. The molecule has 0 heterocycles. The van der Waals surface area contributed by atoms with Gasteiger partial charge in [0.05, 0.1) is 0 Å². The number of aryl methyl sites for hydroxylation is 3. The van der Waals surface area contributed by atoms with Crippen molar-refractivity contribution in [2.45, 2.75) is 71.9 Å². The van der Waals surface area contributed by atoms with Crippen LogP contribution in [0.15, 0.2) is 42.5 Å². The second kappa shape index (κ2) is 10.4. The fraction of sp³-hybridized carbons (Fsp3) is 0.462.